The maximum atomic E-state index is 11.9. The molecule has 0 saturated carbocycles. The van der Waals surface area contributed by atoms with E-state index in [4.69, 9.17) is 5.73 Å². The summed E-state index contributed by atoms with van der Waals surface area (Å²) in [6.45, 7) is 3.44. The number of Topliss-reactive ketones (excluding diaryl/α,β-unsaturated/α-hetero) is 1. The van der Waals surface area contributed by atoms with Crippen molar-refractivity contribution in [1.29, 1.82) is 0 Å². The van der Waals surface area contributed by atoms with Gasteiger partial charge in [0.15, 0.2) is 5.78 Å². The molecule has 3 aromatic rings. The summed E-state index contributed by atoms with van der Waals surface area (Å²) >= 11 is 0. The minimum absolute atomic E-state index is 0.0122. The van der Waals surface area contributed by atoms with Gasteiger partial charge in [0.25, 0.3) is 0 Å². The van der Waals surface area contributed by atoms with Crippen molar-refractivity contribution in [2.45, 2.75) is 13.8 Å². The summed E-state index contributed by atoms with van der Waals surface area (Å²) in [4.78, 5) is 11.9. The highest BCUT2D eigenvalue weighted by atomic mass is 16.3. The highest BCUT2D eigenvalue weighted by molar-refractivity contribution is 5.97. The van der Waals surface area contributed by atoms with E-state index < -0.39 is 0 Å². The zero-order chi connectivity index (χ0) is 16.6. The van der Waals surface area contributed by atoms with Crippen molar-refractivity contribution in [3.8, 4) is 22.7 Å². The number of carbonyl (C=O) groups is 1. The van der Waals surface area contributed by atoms with Gasteiger partial charge < -0.3 is 15.4 Å². The van der Waals surface area contributed by atoms with Crippen molar-refractivity contribution < 1.29 is 9.90 Å². The summed E-state index contributed by atoms with van der Waals surface area (Å²) in [7, 11) is 0. The van der Waals surface area contributed by atoms with Crippen LogP contribution in [-0.4, -0.2) is 15.5 Å². The van der Waals surface area contributed by atoms with E-state index in [1.807, 2.05) is 41.8 Å². The van der Waals surface area contributed by atoms with Crippen LogP contribution in [0.5, 0.6) is 5.75 Å². The topological polar surface area (TPSA) is 68.2 Å². The van der Waals surface area contributed by atoms with E-state index in [0.29, 0.717) is 16.8 Å². The minimum atomic E-state index is -0.0122. The van der Waals surface area contributed by atoms with Crippen molar-refractivity contribution in [2.24, 2.45) is 0 Å². The molecular formula is C19H18N2O2. The minimum Gasteiger partial charge on any atom is -0.507 e. The van der Waals surface area contributed by atoms with Gasteiger partial charge in [-0.1, -0.05) is 18.2 Å². The van der Waals surface area contributed by atoms with Crippen molar-refractivity contribution in [3.05, 3.63) is 65.9 Å². The number of aromatic nitrogens is 1. The molecule has 0 spiro atoms. The smallest absolute Gasteiger partial charge is 0.161 e. The number of ketones is 1. The van der Waals surface area contributed by atoms with Gasteiger partial charge in [0.1, 0.15) is 5.75 Å². The Labute approximate surface area is 134 Å². The number of hydrogen-bond donors (Lipinski definition) is 2. The molecule has 0 saturated heterocycles. The quantitative estimate of drug-likeness (QED) is 0.437. The summed E-state index contributed by atoms with van der Waals surface area (Å²) in [6, 6.07) is 16.5. The molecule has 4 heteroatoms. The van der Waals surface area contributed by atoms with Crippen molar-refractivity contribution >= 4 is 11.5 Å². The first-order valence-electron chi connectivity index (χ1n) is 7.36. The zero-order valence-electron chi connectivity index (χ0n) is 13.1. The van der Waals surface area contributed by atoms with Crippen LogP contribution in [0.15, 0.2) is 54.6 Å². The summed E-state index contributed by atoms with van der Waals surface area (Å²) < 4.78 is 1.96. The number of benzene rings is 2. The van der Waals surface area contributed by atoms with Crippen molar-refractivity contribution in [2.75, 3.05) is 5.73 Å². The summed E-state index contributed by atoms with van der Waals surface area (Å²) in [5, 5.41) is 10.2. The van der Waals surface area contributed by atoms with Crippen LogP contribution in [0.4, 0.5) is 5.69 Å². The number of aromatic hydroxyl groups is 1. The van der Waals surface area contributed by atoms with Crippen molar-refractivity contribution in [3.63, 3.8) is 0 Å². The average molecular weight is 306 g/mol. The SMILES string of the molecule is CC(=O)c1cc(-c2cc(N)ccc2O)n(-c2ccccc2)c1C. The summed E-state index contributed by atoms with van der Waals surface area (Å²) in [5.74, 6) is 0.116. The number of anilines is 1. The molecule has 3 rings (SSSR count). The normalized spacial score (nSPS) is 10.7. The van der Waals surface area contributed by atoms with E-state index in [1.165, 1.54) is 0 Å². The molecule has 0 radical (unpaired) electrons. The van der Waals surface area contributed by atoms with Gasteiger partial charge in [0.2, 0.25) is 0 Å². The molecule has 0 unspecified atom stereocenters. The molecule has 4 nitrogen and oxygen atoms in total. The summed E-state index contributed by atoms with van der Waals surface area (Å²) in [6.07, 6.45) is 0. The van der Waals surface area contributed by atoms with Gasteiger partial charge in [-0.2, -0.15) is 0 Å². The zero-order valence-corrected chi connectivity index (χ0v) is 13.1. The molecule has 0 bridgehead atoms. The van der Waals surface area contributed by atoms with Gasteiger partial charge >= 0.3 is 0 Å². The number of rotatable bonds is 3. The number of phenolic OH excluding ortho intramolecular Hbond substituents is 1. The molecule has 1 heterocycles. The second kappa shape index (κ2) is 5.65. The number of nitrogens with zero attached hydrogens (tertiary/aromatic N) is 1. The van der Waals surface area contributed by atoms with Crippen LogP contribution in [0.2, 0.25) is 0 Å². The van der Waals surface area contributed by atoms with Crippen LogP contribution in [0, 0.1) is 6.92 Å². The summed E-state index contributed by atoms with van der Waals surface area (Å²) in [5.41, 5.74) is 10.2. The van der Waals surface area contributed by atoms with Crippen molar-refractivity contribution in [1.82, 2.24) is 4.57 Å². The van der Waals surface area contributed by atoms with Gasteiger partial charge in [-0.05, 0) is 50.2 Å². The van der Waals surface area contributed by atoms with Crippen LogP contribution in [-0.2, 0) is 0 Å². The Bertz CT molecular complexity index is 880. The van der Waals surface area contributed by atoms with Gasteiger partial charge in [0, 0.05) is 28.2 Å². The fraction of sp³-hybridized carbons (Fsp3) is 0.105. The second-order valence-corrected chi connectivity index (χ2v) is 5.53. The molecular weight excluding hydrogens is 288 g/mol. The third kappa shape index (κ3) is 2.59. The first-order valence-corrected chi connectivity index (χ1v) is 7.36. The molecule has 0 aliphatic heterocycles. The van der Waals surface area contributed by atoms with E-state index in [1.54, 1.807) is 31.2 Å². The number of hydrogen-bond acceptors (Lipinski definition) is 3. The predicted molar refractivity (Wildman–Crippen MR) is 92.0 cm³/mol. The molecule has 3 N–H and O–H groups in total. The van der Waals surface area contributed by atoms with Crippen LogP contribution >= 0.6 is 0 Å². The van der Waals surface area contributed by atoms with Crippen LogP contribution in [0.3, 0.4) is 0 Å². The Morgan fingerprint density at radius 2 is 1.78 bits per heavy atom. The monoisotopic (exact) mass is 306 g/mol. The fourth-order valence-corrected chi connectivity index (χ4v) is 2.83. The van der Waals surface area contributed by atoms with E-state index in [0.717, 1.165) is 17.1 Å². The number of phenols is 1. The van der Waals surface area contributed by atoms with Crippen LogP contribution in [0.25, 0.3) is 16.9 Å². The molecule has 0 amide bonds. The van der Waals surface area contributed by atoms with E-state index in [-0.39, 0.29) is 11.5 Å². The molecule has 0 aliphatic rings. The first kappa shape index (κ1) is 14.9. The molecule has 1 aromatic heterocycles. The third-order valence-corrected chi connectivity index (χ3v) is 3.94. The lowest BCUT2D eigenvalue weighted by atomic mass is 10.1. The van der Waals surface area contributed by atoms with Gasteiger partial charge in [-0.15, -0.1) is 0 Å². The van der Waals surface area contributed by atoms with Crippen LogP contribution < -0.4 is 5.73 Å². The van der Waals surface area contributed by atoms with E-state index in [2.05, 4.69) is 0 Å². The Kier molecular flexibility index (Phi) is 3.66. The Morgan fingerprint density at radius 3 is 2.43 bits per heavy atom. The first-order chi connectivity index (χ1) is 11.0. The fourth-order valence-electron chi connectivity index (χ4n) is 2.83. The molecule has 116 valence electrons. The lowest BCUT2D eigenvalue weighted by molar-refractivity contribution is 0.101. The van der Waals surface area contributed by atoms with Gasteiger partial charge in [-0.3, -0.25) is 4.79 Å². The van der Waals surface area contributed by atoms with Crippen LogP contribution in [0.1, 0.15) is 23.0 Å². The van der Waals surface area contributed by atoms with Gasteiger partial charge in [-0.25, -0.2) is 0 Å². The molecule has 23 heavy (non-hydrogen) atoms. The molecule has 2 aromatic carbocycles. The Morgan fingerprint density at radius 1 is 1.09 bits per heavy atom. The maximum absolute atomic E-state index is 11.9. The standard InChI is InChI=1S/C19H18N2O2/c1-12-16(13(2)22)11-18(17-10-14(20)8-9-19(17)23)21(12)15-6-4-3-5-7-15/h3-11,23H,20H2,1-2H3. The maximum Gasteiger partial charge on any atom is 0.161 e. The molecule has 0 aliphatic carbocycles. The highest BCUT2D eigenvalue weighted by Crippen LogP contribution is 2.35. The number of nitrogens with two attached hydrogens (primary N) is 1. The van der Waals surface area contributed by atoms with E-state index in [9.17, 15) is 9.90 Å². The second-order valence-electron chi connectivity index (χ2n) is 5.53. The largest absolute Gasteiger partial charge is 0.507 e. The molecule has 0 fully saturated rings. The predicted octanol–water partition coefficient (Wildman–Crippen LogP) is 3.94. The van der Waals surface area contributed by atoms with Gasteiger partial charge in [0.05, 0.1) is 5.69 Å². The number of carbonyl (C=O) groups excluding carboxylic acids is 1. The Balaban J connectivity index is 2.34. The number of nitrogen functional groups attached to an aromatic ring is 1. The lowest BCUT2D eigenvalue weighted by Crippen LogP contribution is -2.01. The third-order valence-electron chi connectivity index (χ3n) is 3.94. The lowest BCUT2D eigenvalue weighted by Gasteiger charge is -2.13. The Hall–Kier alpha value is -3.01. The highest BCUT2D eigenvalue weighted by Gasteiger charge is 2.19. The molecule has 0 atom stereocenters. The average Bonchev–Trinajstić information content (AvgIpc) is 2.88. The number of para-hydroxylation sites is 1. The van der Waals surface area contributed by atoms with E-state index >= 15 is 0 Å².